The van der Waals surface area contributed by atoms with E-state index in [0.29, 0.717) is 46.5 Å². The van der Waals surface area contributed by atoms with Crippen molar-refractivity contribution in [3.8, 4) is 5.75 Å². The molecule has 0 aliphatic heterocycles. The molecule has 0 aromatic heterocycles. The minimum absolute atomic E-state index is 0.0319. The van der Waals surface area contributed by atoms with Crippen molar-refractivity contribution in [2.75, 3.05) is 13.7 Å². The Morgan fingerprint density at radius 1 is 0.907 bits per heavy atom. The lowest BCUT2D eigenvalue weighted by atomic mass is 9.40. The molecule has 1 spiro atoms. The summed E-state index contributed by atoms with van der Waals surface area (Å²) in [6.07, 6.45) is 10.9. The second kappa shape index (κ2) is 9.36. The zero-order chi connectivity index (χ0) is 30.8. The number of methoxy groups -OCH3 is 1. The summed E-state index contributed by atoms with van der Waals surface area (Å²) in [5, 5.41) is 14.7. The van der Waals surface area contributed by atoms with E-state index in [-0.39, 0.29) is 22.3 Å². The zero-order valence-electron chi connectivity index (χ0n) is 28.0. The van der Waals surface area contributed by atoms with Crippen LogP contribution in [0, 0.1) is 62.1 Å². The lowest BCUT2D eigenvalue weighted by Gasteiger charge is -2.64. The first-order chi connectivity index (χ1) is 20.2. The second-order valence-electron chi connectivity index (χ2n) is 17.4. The average Bonchev–Trinajstić information content (AvgIpc) is 3.33. The third-order valence-corrected chi connectivity index (χ3v) is 16.3. The summed E-state index contributed by atoms with van der Waals surface area (Å²) < 4.78 is 5.33. The fraction of sp³-hybridized carbons (Fsp3) is 0.769. The number of amides is 1. The standard InChI is InChI=1S/C39H57NO3/c1-24(2)27-15-19-38(33(42)40-22-17-25-9-11-26(43-8)12-10-25)20-21-39-29(36(27,38)6)14-13-28-35(5)18-16-32(41)34(3,4)30(35)23-31(39)37(28,39)7/h9-12,27-32,41H,1,13-23H2,2-8H3,(H,40,42)/t27-,28?,29+,30?,31?,32-,35+,36?,37-,38+,39+/m0/s1. The van der Waals surface area contributed by atoms with Crippen LogP contribution in [0.4, 0.5) is 0 Å². The van der Waals surface area contributed by atoms with Gasteiger partial charge in [-0.05, 0) is 145 Å². The minimum atomic E-state index is -0.312. The van der Waals surface area contributed by atoms with Crippen LogP contribution >= 0.6 is 0 Å². The van der Waals surface area contributed by atoms with E-state index in [1.165, 1.54) is 43.2 Å². The Morgan fingerprint density at radius 3 is 2.28 bits per heavy atom. The lowest BCUT2D eigenvalue weighted by molar-refractivity contribution is -0.177. The van der Waals surface area contributed by atoms with Crippen molar-refractivity contribution < 1.29 is 14.6 Å². The van der Waals surface area contributed by atoms with Gasteiger partial charge < -0.3 is 15.2 Å². The number of aliphatic hydroxyl groups excluding tert-OH is 1. The van der Waals surface area contributed by atoms with Crippen LogP contribution < -0.4 is 10.1 Å². The molecule has 6 fully saturated rings. The number of benzene rings is 1. The molecular formula is C39H57NO3. The number of carbonyl (C=O) groups is 1. The average molecular weight is 588 g/mol. The largest absolute Gasteiger partial charge is 0.497 e. The molecule has 1 amide bonds. The third kappa shape index (κ3) is 3.46. The van der Waals surface area contributed by atoms with Crippen molar-refractivity contribution in [2.24, 2.45) is 62.1 Å². The van der Waals surface area contributed by atoms with E-state index >= 15 is 0 Å². The number of rotatable bonds is 6. The molecule has 6 aliphatic rings. The highest BCUT2D eigenvalue weighted by atomic mass is 16.5. The summed E-state index contributed by atoms with van der Waals surface area (Å²) in [5.74, 6) is 4.17. The molecule has 0 bridgehead atoms. The molecule has 11 atom stereocenters. The van der Waals surface area contributed by atoms with Crippen LogP contribution in [0.15, 0.2) is 36.4 Å². The molecule has 1 aromatic rings. The van der Waals surface area contributed by atoms with E-state index in [9.17, 15) is 9.90 Å². The van der Waals surface area contributed by atoms with Crippen LogP contribution in [0.5, 0.6) is 5.75 Å². The van der Waals surface area contributed by atoms with Gasteiger partial charge in [0.2, 0.25) is 5.91 Å². The number of hydrogen-bond acceptors (Lipinski definition) is 3. The predicted octanol–water partition coefficient (Wildman–Crippen LogP) is 7.98. The molecule has 6 saturated carbocycles. The molecule has 7 rings (SSSR count). The van der Waals surface area contributed by atoms with Crippen LogP contribution in [-0.2, 0) is 11.2 Å². The Kier molecular flexibility index (Phi) is 6.51. The van der Waals surface area contributed by atoms with Crippen molar-refractivity contribution >= 4 is 5.91 Å². The van der Waals surface area contributed by atoms with Crippen LogP contribution in [0.1, 0.15) is 105 Å². The highest BCUT2D eigenvalue weighted by Gasteiger charge is 2.88. The van der Waals surface area contributed by atoms with E-state index in [1.54, 1.807) is 7.11 Å². The monoisotopic (exact) mass is 587 g/mol. The van der Waals surface area contributed by atoms with Crippen LogP contribution in [0.3, 0.4) is 0 Å². The SMILES string of the molecule is C=C(C)[C@@H]1CC[C@]2(C(=O)NCCc3ccc(OC)cc3)CC[C@]34C5CC6C(C)(C)[C@@H](O)CC[C@]6(C)C(CC[C@@H]3C12C)[C@@]54C. The molecule has 0 saturated heterocycles. The Morgan fingerprint density at radius 2 is 1.60 bits per heavy atom. The normalized spacial score (nSPS) is 48.7. The number of ether oxygens (including phenoxy) is 1. The Hall–Kier alpha value is -1.81. The molecular weight excluding hydrogens is 530 g/mol. The number of hydrogen-bond donors (Lipinski definition) is 2. The van der Waals surface area contributed by atoms with E-state index in [0.717, 1.165) is 49.7 Å². The van der Waals surface area contributed by atoms with Gasteiger partial charge in [0, 0.05) is 6.54 Å². The first kappa shape index (κ1) is 29.9. The Balaban J connectivity index is 1.20. The number of aliphatic hydroxyl groups is 1. The Bertz CT molecular complexity index is 1320. The van der Waals surface area contributed by atoms with Crippen molar-refractivity contribution in [1.82, 2.24) is 5.32 Å². The maximum absolute atomic E-state index is 14.6. The summed E-state index contributed by atoms with van der Waals surface area (Å²) in [5.41, 5.74) is 3.11. The van der Waals surface area contributed by atoms with Gasteiger partial charge in [0.25, 0.3) is 0 Å². The zero-order valence-corrected chi connectivity index (χ0v) is 28.0. The van der Waals surface area contributed by atoms with Gasteiger partial charge in [0.1, 0.15) is 5.75 Å². The summed E-state index contributed by atoms with van der Waals surface area (Å²) in [4.78, 5) is 14.6. The minimum Gasteiger partial charge on any atom is -0.497 e. The second-order valence-corrected chi connectivity index (χ2v) is 17.4. The highest BCUT2D eigenvalue weighted by Crippen LogP contribution is 2.93. The van der Waals surface area contributed by atoms with Gasteiger partial charge in [0.15, 0.2) is 0 Å². The maximum Gasteiger partial charge on any atom is 0.226 e. The highest BCUT2D eigenvalue weighted by molar-refractivity contribution is 5.84. The number of allylic oxidation sites excluding steroid dienone is 1. The van der Waals surface area contributed by atoms with Crippen molar-refractivity contribution in [1.29, 1.82) is 0 Å². The quantitative estimate of drug-likeness (QED) is 0.332. The summed E-state index contributed by atoms with van der Waals surface area (Å²) in [6.45, 7) is 20.0. The first-order valence-corrected chi connectivity index (χ1v) is 17.5. The molecule has 4 nitrogen and oxygen atoms in total. The van der Waals surface area contributed by atoms with Gasteiger partial charge in [-0.2, -0.15) is 0 Å². The number of fused-ring (bicyclic) bond motifs is 4. The van der Waals surface area contributed by atoms with Crippen LogP contribution in [0.25, 0.3) is 0 Å². The summed E-state index contributed by atoms with van der Waals surface area (Å²) in [6, 6.07) is 8.23. The van der Waals surface area contributed by atoms with Crippen LogP contribution in [-0.4, -0.2) is 30.8 Å². The maximum atomic E-state index is 14.6. The topological polar surface area (TPSA) is 58.6 Å². The van der Waals surface area contributed by atoms with Crippen molar-refractivity contribution in [2.45, 2.75) is 112 Å². The smallest absolute Gasteiger partial charge is 0.226 e. The molecule has 0 radical (unpaired) electrons. The fourth-order valence-electron chi connectivity index (χ4n) is 14.3. The molecule has 6 aliphatic carbocycles. The van der Waals surface area contributed by atoms with Gasteiger partial charge in [0.05, 0.1) is 18.6 Å². The van der Waals surface area contributed by atoms with E-state index < -0.39 is 0 Å². The molecule has 236 valence electrons. The van der Waals surface area contributed by atoms with Crippen molar-refractivity contribution in [3.05, 3.63) is 42.0 Å². The molecule has 2 N–H and O–H groups in total. The number of carbonyl (C=O) groups excluding carboxylic acids is 1. The third-order valence-electron chi connectivity index (χ3n) is 16.3. The fourth-order valence-corrected chi connectivity index (χ4v) is 14.3. The predicted molar refractivity (Wildman–Crippen MR) is 172 cm³/mol. The molecule has 1 aromatic carbocycles. The summed E-state index contributed by atoms with van der Waals surface area (Å²) >= 11 is 0. The van der Waals surface area contributed by atoms with E-state index in [1.807, 2.05) is 12.1 Å². The van der Waals surface area contributed by atoms with Gasteiger partial charge in [-0.15, -0.1) is 0 Å². The van der Waals surface area contributed by atoms with Gasteiger partial charge in [-0.1, -0.05) is 58.9 Å². The number of nitrogens with one attached hydrogen (secondary N) is 1. The van der Waals surface area contributed by atoms with Crippen molar-refractivity contribution in [3.63, 3.8) is 0 Å². The lowest BCUT2D eigenvalue weighted by Crippen LogP contribution is -2.61. The summed E-state index contributed by atoms with van der Waals surface area (Å²) in [7, 11) is 1.70. The Labute approximate surface area is 260 Å². The van der Waals surface area contributed by atoms with E-state index in [2.05, 4.69) is 65.6 Å². The molecule has 0 heterocycles. The van der Waals surface area contributed by atoms with Gasteiger partial charge >= 0.3 is 0 Å². The van der Waals surface area contributed by atoms with Crippen LogP contribution in [0.2, 0.25) is 0 Å². The van der Waals surface area contributed by atoms with E-state index in [4.69, 9.17) is 4.74 Å². The van der Waals surface area contributed by atoms with Gasteiger partial charge in [-0.3, -0.25) is 4.79 Å². The molecule has 43 heavy (non-hydrogen) atoms. The van der Waals surface area contributed by atoms with Gasteiger partial charge in [-0.25, -0.2) is 0 Å². The molecule has 4 heteroatoms. The first-order valence-electron chi connectivity index (χ1n) is 17.5. The molecule has 4 unspecified atom stereocenters.